The summed E-state index contributed by atoms with van der Waals surface area (Å²) in [6.07, 6.45) is 2.71. The lowest BCUT2D eigenvalue weighted by Gasteiger charge is -2.03. The van der Waals surface area contributed by atoms with Crippen LogP contribution >= 0.6 is 11.3 Å². The highest BCUT2D eigenvalue weighted by Gasteiger charge is 2.11. The van der Waals surface area contributed by atoms with Gasteiger partial charge in [-0.05, 0) is 37.3 Å². The first-order valence-corrected chi connectivity index (χ1v) is 9.63. The van der Waals surface area contributed by atoms with E-state index in [0.29, 0.717) is 23.3 Å². The molecule has 3 N–H and O–H groups in total. The number of aromatic nitrogens is 1. The van der Waals surface area contributed by atoms with Crippen molar-refractivity contribution in [2.45, 2.75) is 6.92 Å². The number of hydrogen-bond acceptors (Lipinski definition) is 6. The number of carbonyl (C=O) groups excluding carboxylic acids is 1. The number of hydrogen-bond donors (Lipinski definition) is 3. The second kappa shape index (κ2) is 7.70. The number of thiazole rings is 1. The summed E-state index contributed by atoms with van der Waals surface area (Å²) in [5.41, 5.74) is 3.33. The van der Waals surface area contributed by atoms with Gasteiger partial charge in [-0.2, -0.15) is 0 Å². The van der Waals surface area contributed by atoms with Crippen molar-refractivity contribution in [2.24, 2.45) is 0 Å². The van der Waals surface area contributed by atoms with Crippen molar-refractivity contribution in [1.29, 1.82) is 0 Å². The second-order valence-electron chi connectivity index (χ2n) is 6.26. The van der Waals surface area contributed by atoms with Crippen LogP contribution in [0.1, 0.15) is 10.6 Å². The predicted octanol–water partition coefficient (Wildman–Crippen LogP) is 4.64. The van der Waals surface area contributed by atoms with Gasteiger partial charge in [-0.3, -0.25) is 4.79 Å². The van der Waals surface area contributed by atoms with Crippen molar-refractivity contribution in [3.63, 3.8) is 0 Å². The Bertz CT molecular complexity index is 1310. The van der Waals surface area contributed by atoms with Crippen LogP contribution in [0.3, 0.4) is 0 Å². The summed E-state index contributed by atoms with van der Waals surface area (Å²) < 4.78 is 6.52. The lowest BCUT2D eigenvalue weighted by atomic mass is 10.2. The third kappa shape index (κ3) is 3.79. The lowest BCUT2D eigenvalue weighted by molar-refractivity contribution is -0.111. The molecule has 4 aromatic rings. The number of nitrogens with zero attached hydrogens (tertiary/aromatic N) is 1. The molecule has 1 amide bonds. The van der Waals surface area contributed by atoms with E-state index in [-0.39, 0.29) is 11.7 Å². The minimum atomic E-state index is -0.298. The Morgan fingerprint density at radius 1 is 1.38 bits per heavy atom. The number of fused-ring (bicyclic) bond motifs is 2. The van der Waals surface area contributed by atoms with Crippen LogP contribution in [0, 0.1) is 18.8 Å². The first-order valence-electron chi connectivity index (χ1n) is 8.81. The number of furan rings is 1. The molecule has 0 aliphatic rings. The summed E-state index contributed by atoms with van der Waals surface area (Å²) in [5, 5.41) is 17.7. The molecule has 0 spiro atoms. The van der Waals surface area contributed by atoms with Crippen LogP contribution < -0.4 is 10.6 Å². The number of benzene rings is 2. The number of para-hydroxylation sites is 1. The molecule has 0 unspecified atom stereocenters. The fourth-order valence-corrected chi connectivity index (χ4v) is 3.85. The Balaban J connectivity index is 1.51. The Hall–Kier alpha value is -3.76. The molecule has 0 atom stereocenters. The highest BCUT2D eigenvalue weighted by atomic mass is 32.1. The number of nitrogens with one attached hydrogen (secondary N) is 2. The van der Waals surface area contributed by atoms with Gasteiger partial charge < -0.3 is 20.2 Å². The zero-order valence-corrected chi connectivity index (χ0v) is 16.4. The molecular formula is C22H17N3O3S. The number of anilines is 2. The van der Waals surface area contributed by atoms with E-state index in [9.17, 15) is 9.90 Å². The third-order valence-electron chi connectivity index (χ3n) is 4.22. The molecule has 2 aromatic heterocycles. The molecule has 29 heavy (non-hydrogen) atoms. The summed E-state index contributed by atoms with van der Waals surface area (Å²) in [6.45, 7) is 5.74. The van der Waals surface area contributed by atoms with Gasteiger partial charge in [0.15, 0.2) is 5.58 Å². The van der Waals surface area contributed by atoms with Crippen LogP contribution in [0.25, 0.3) is 21.2 Å². The van der Waals surface area contributed by atoms with Crippen molar-refractivity contribution in [1.82, 2.24) is 4.98 Å². The standard InChI is InChI=1S/C22H17N3O3S/c1-3-20(27)25-17-12-28-22-15(17)7-4-8-16(22)23-9-5-6-14-10-18(26)21-19(11-14)29-13(2)24-21/h3-4,7-8,10-12,23,26H,1,9H2,2H3,(H,25,27). The van der Waals surface area contributed by atoms with E-state index in [0.717, 1.165) is 26.3 Å². The summed E-state index contributed by atoms with van der Waals surface area (Å²) in [5.74, 6) is 5.94. The molecule has 0 saturated carbocycles. The molecule has 0 fully saturated rings. The number of rotatable bonds is 4. The predicted molar refractivity (Wildman–Crippen MR) is 116 cm³/mol. The van der Waals surface area contributed by atoms with E-state index in [1.54, 1.807) is 6.07 Å². The van der Waals surface area contributed by atoms with E-state index < -0.39 is 0 Å². The van der Waals surface area contributed by atoms with Gasteiger partial charge in [-0.15, -0.1) is 11.3 Å². The fraction of sp³-hybridized carbons (Fsp3) is 0.0909. The largest absolute Gasteiger partial charge is 0.506 e. The maximum absolute atomic E-state index is 11.5. The van der Waals surface area contributed by atoms with Crippen molar-refractivity contribution in [3.05, 3.63) is 59.8 Å². The van der Waals surface area contributed by atoms with E-state index in [1.807, 2.05) is 31.2 Å². The molecule has 0 aliphatic heterocycles. The molecule has 0 radical (unpaired) electrons. The lowest BCUT2D eigenvalue weighted by Crippen LogP contribution is -2.06. The van der Waals surface area contributed by atoms with Crippen LogP contribution in [0.5, 0.6) is 5.75 Å². The maximum atomic E-state index is 11.5. The Morgan fingerprint density at radius 2 is 2.24 bits per heavy atom. The molecule has 144 valence electrons. The van der Waals surface area contributed by atoms with Crippen LogP contribution in [-0.4, -0.2) is 22.5 Å². The Morgan fingerprint density at radius 3 is 3.07 bits per heavy atom. The highest BCUT2D eigenvalue weighted by molar-refractivity contribution is 7.18. The fourth-order valence-electron chi connectivity index (χ4n) is 2.96. The van der Waals surface area contributed by atoms with Gasteiger partial charge in [0.2, 0.25) is 5.91 Å². The normalized spacial score (nSPS) is 10.5. The summed E-state index contributed by atoms with van der Waals surface area (Å²) in [6, 6.07) is 9.16. The average molecular weight is 403 g/mol. The van der Waals surface area contributed by atoms with E-state index in [2.05, 4.69) is 34.0 Å². The van der Waals surface area contributed by atoms with Gasteiger partial charge >= 0.3 is 0 Å². The first-order chi connectivity index (χ1) is 14.0. The van der Waals surface area contributed by atoms with Crippen molar-refractivity contribution < 1.29 is 14.3 Å². The van der Waals surface area contributed by atoms with Gasteiger partial charge in [0.1, 0.15) is 17.5 Å². The smallest absolute Gasteiger partial charge is 0.247 e. The highest BCUT2D eigenvalue weighted by Crippen LogP contribution is 2.32. The monoisotopic (exact) mass is 403 g/mol. The zero-order valence-electron chi connectivity index (χ0n) is 15.6. The van der Waals surface area contributed by atoms with Crippen LogP contribution in [0.15, 0.2) is 53.7 Å². The molecule has 0 aliphatic carbocycles. The number of aryl methyl sites for hydroxylation is 1. The van der Waals surface area contributed by atoms with Gasteiger partial charge in [-0.25, -0.2) is 4.98 Å². The molecule has 7 heteroatoms. The van der Waals surface area contributed by atoms with Gasteiger partial charge in [0.05, 0.1) is 27.6 Å². The minimum absolute atomic E-state index is 0.138. The maximum Gasteiger partial charge on any atom is 0.247 e. The molecule has 4 rings (SSSR count). The van der Waals surface area contributed by atoms with Crippen LogP contribution in [-0.2, 0) is 4.79 Å². The van der Waals surface area contributed by atoms with Crippen molar-refractivity contribution in [3.8, 4) is 17.6 Å². The zero-order chi connectivity index (χ0) is 20.4. The van der Waals surface area contributed by atoms with E-state index >= 15 is 0 Å². The molecular weight excluding hydrogens is 386 g/mol. The molecule has 0 saturated heterocycles. The van der Waals surface area contributed by atoms with Crippen molar-refractivity contribution in [2.75, 3.05) is 17.2 Å². The quantitative estimate of drug-likeness (QED) is 0.341. The Kier molecular flexibility index (Phi) is 4.94. The average Bonchev–Trinajstić information content (AvgIpc) is 3.29. The topological polar surface area (TPSA) is 87.4 Å². The summed E-state index contributed by atoms with van der Waals surface area (Å²) in [4.78, 5) is 15.8. The van der Waals surface area contributed by atoms with Crippen LogP contribution in [0.2, 0.25) is 0 Å². The van der Waals surface area contributed by atoms with Gasteiger partial charge in [-0.1, -0.05) is 24.5 Å². The SMILES string of the molecule is C=CC(=O)Nc1coc2c(NCC#Cc3cc(O)c4nc(C)sc4c3)cccc12. The molecule has 2 aromatic carbocycles. The van der Waals surface area contributed by atoms with Gasteiger partial charge in [0.25, 0.3) is 0 Å². The van der Waals surface area contributed by atoms with Gasteiger partial charge in [0, 0.05) is 10.9 Å². The molecule has 0 bridgehead atoms. The second-order valence-corrected chi connectivity index (χ2v) is 7.49. The number of carbonyl (C=O) groups is 1. The first kappa shape index (κ1) is 18.6. The van der Waals surface area contributed by atoms with E-state index in [4.69, 9.17) is 4.42 Å². The number of amides is 1. The summed E-state index contributed by atoms with van der Waals surface area (Å²) in [7, 11) is 0. The minimum Gasteiger partial charge on any atom is -0.506 e. The third-order valence-corrected chi connectivity index (χ3v) is 5.14. The van der Waals surface area contributed by atoms with E-state index in [1.165, 1.54) is 23.7 Å². The number of phenolic OH excluding ortho intramolecular Hbond substituents is 1. The number of phenols is 1. The summed E-state index contributed by atoms with van der Waals surface area (Å²) >= 11 is 1.52. The molecule has 6 nitrogen and oxygen atoms in total. The number of aromatic hydroxyl groups is 1. The van der Waals surface area contributed by atoms with Crippen LogP contribution in [0.4, 0.5) is 11.4 Å². The Labute approximate surface area is 170 Å². The van der Waals surface area contributed by atoms with Crippen molar-refractivity contribution >= 4 is 49.8 Å². The molecule has 2 heterocycles.